The topological polar surface area (TPSA) is 59.1 Å². The lowest BCUT2D eigenvalue weighted by atomic mass is 9.71. The highest BCUT2D eigenvalue weighted by molar-refractivity contribution is 5.16. The van der Waals surface area contributed by atoms with Gasteiger partial charge in [-0.3, -0.25) is 4.98 Å². The van der Waals surface area contributed by atoms with Gasteiger partial charge in [0.1, 0.15) is 6.10 Å². The van der Waals surface area contributed by atoms with E-state index in [0.717, 1.165) is 24.1 Å². The second-order valence-electron chi connectivity index (χ2n) is 6.00. The Bertz CT molecular complexity index is 380. The number of aliphatic hydroxyl groups is 1. The molecule has 0 aromatic carbocycles. The lowest BCUT2D eigenvalue weighted by Gasteiger charge is -2.38. The van der Waals surface area contributed by atoms with Crippen molar-refractivity contribution < 1.29 is 5.11 Å². The van der Waals surface area contributed by atoms with Gasteiger partial charge in [0.25, 0.3) is 0 Å². The lowest BCUT2D eigenvalue weighted by molar-refractivity contribution is 0.00553. The largest absolute Gasteiger partial charge is 0.386 e. The Morgan fingerprint density at radius 2 is 1.84 bits per heavy atom. The molecule has 1 saturated carbocycles. The Morgan fingerprint density at radius 3 is 2.37 bits per heavy atom. The van der Waals surface area contributed by atoms with Crippen molar-refractivity contribution >= 4 is 0 Å². The van der Waals surface area contributed by atoms with Crippen molar-refractivity contribution in [3.63, 3.8) is 0 Å². The van der Waals surface area contributed by atoms with Gasteiger partial charge in [-0.15, -0.1) is 0 Å². The minimum atomic E-state index is -0.531. The average Bonchev–Trinajstić information content (AvgIpc) is 2.39. The van der Waals surface area contributed by atoms with Crippen molar-refractivity contribution in [3.8, 4) is 0 Å². The number of hydrogen-bond donors (Lipinski definition) is 2. The Kier molecular flexibility index (Phi) is 4.94. The number of hydrogen-bond acceptors (Lipinski definition) is 3. The molecule has 3 nitrogen and oxygen atoms in total. The summed E-state index contributed by atoms with van der Waals surface area (Å²) in [6.45, 7) is 2.56. The fourth-order valence-corrected chi connectivity index (χ4v) is 3.15. The van der Waals surface area contributed by atoms with Crippen LogP contribution in [-0.4, -0.2) is 16.6 Å². The summed E-state index contributed by atoms with van der Waals surface area (Å²) in [6, 6.07) is 3.95. The van der Waals surface area contributed by atoms with Crippen LogP contribution in [0.2, 0.25) is 0 Å². The maximum atomic E-state index is 10.8. The predicted molar refractivity (Wildman–Crippen MR) is 77.7 cm³/mol. The second kappa shape index (κ2) is 6.49. The van der Waals surface area contributed by atoms with Gasteiger partial charge in [0, 0.05) is 18.2 Å². The van der Waals surface area contributed by atoms with Gasteiger partial charge < -0.3 is 10.8 Å². The maximum absolute atomic E-state index is 10.8. The molecule has 1 aromatic heterocycles. The van der Waals surface area contributed by atoms with Gasteiger partial charge >= 0.3 is 0 Å². The van der Waals surface area contributed by atoms with Crippen LogP contribution < -0.4 is 5.73 Å². The fraction of sp³-hybridized carbons (Fsp3) is 0.688. The van der Waals surface area contributed by atoms with Gasteiger partial charge in [-0.1, -0.05) is 38.2 Å². The summed E-state index contributed by atoms with van der Waals surface area (Å²) in [6.07, 6.45) is 9.49. The van der Waals surface area contributed by atoms with Gasteiger partial charge in [0.05, 0.1) is 5.69 Å². The van der Waals surface area contributed by atoms with Gasteiger partial charge in [-0.25, -0.2) is 0 Å². The van der Waals surface area contributed by atoms with Crippen LogP contribution >= 0.6 is 0 Å². The summed E-state index contributed by atoms with van der Waals surface area (Å²) >= 11 is 0. The zero-order valence-electron chi connectivity index (χ0n) is 11.9. The van der Waals surface area contributed by atoms with E-state index in [9.17, 15) is 5.11 Å². The van der Waals surface area contributed by atoms with Crippen molar-refractivity contribution in [1.29, 1.82) is 0 Å². The minimum absolute atomic E-state index is 0.178. The molecule has 1 atom stereocenters. The Balaban J connectivity index is 2.20. The van der Waals surface area contributed by atoms with Gasteiger partial charge in [-0.05, 0) is 31.4 Å². The maximum Gasteiger partial charge on any atom is 0.103 e. The highest BCUT2D eigenvalue weighted by atomic mass is 16.3. The SMILES string of the molecule is Cc1ccc(C(O)C2(CN)CCCCCCC2)nc1. The molecule has 0 radical (unpaired) electrons. The van der Waals surface area contributed by atoms with E-state index in [1.807, 2.05) is 25.3 Å². The molecule has 1 aliphatic rings. The van der Waals surface area contributed by atoms with E-state index >= 15 is 0 Å². The average molecular weight is 262 g/mol. The molecule has 106 valence electrons. The molecule has 0 spiro atoms. The number of aliphatic hydroxyl groups excluding tert-OH is 1. The third-order valence-corrected chi connectivity index (χ3v) is 4.55. The molecule has 0 aliphatic heterocycles. The molecule has 3 heteroatoms. The van der Waals surface area contributed by atoms with Crippen molar-refractivity contribution in [2.75, 3.05) is 6.54 Å². The number of rotatable bonds is 3. The molecule has 1 unspecified atom stereocenters. The molecule has 1 aromatic rings. The summed E-state index contributed by atoms with van der Waals surface area (Å²) in [7, 11) is 0. The normalized spacial score (nSPS) is 21.4. The molecule has 2 rings (SSSR count). The van der Waals surface area contributed by atoms with Crippen molar-refractivity contribution in [3.05, 3.63) is 29.6 Å². The molecule has 0 amide bonds. The van der Waals surface area contributed by atoms with E-state index in [-0.39, 0.29) is 5.41 Å². The van der Waals surface area contributed by atoms with Crippen LogP contribution in [0.1, 0.15) is 62.3 Å². The zero-order valence-corrected chi connectivity index (χ0v) is 11.9. The van der Waals surface area contributed by atoms with Crippen molar-refractivity contribution in [2.45, 2.75) is 58.0 Å². The molecule has 19 heavy (non-hydrogen) atoms. The van der Waals surface area contributed by atoms with Crippen LogP contribution in [0.5, 0.6) is 0 Å². The van der Waals surface area contributed by atoms with E-state index in [0.29, 0.717) is 6.54 Å². The van der Waals surface area contributed by atoms with Crippen LogP contribution in [0.3, 0.4) is 0 Å². The first-order chi connectivity index (χ1) is 9.18. The first-order valence-electron chi connectivity index (χ1n) is 7.49. The van der Waals surface area contributed by atoms with Crippen molar-refractivity contribution in [2.24, 2.45) is 11.1 Å². The standard InChI is InChI=1S/C16H26N2O/c1-13-7-8-14(18-11-13)15(19)16(12-17)9-5-3-2-4-6-10-16/h7-8,11,15,19H,2-6,9-10,12,17H2,1H3. The molecular formula is C16H26N2O. The summed E-state index contributed by atoms with van der Waals surface area (Å²) < 4.78 is 0. The Morgan fingerprint density at radius 1 is 1.21 bits per heavy atom. The third kappa shape index (κ3) is 3.34. The minimum Gasteiger partial charge on any atom is -0.386 e. The van der Waals surface area contributed by atoms with E-state index in [1.54, 1.807) is 0 Å². The van der Waals surface area contributed by atoms with Crippen LogP contribution in [-0.2, 0) is 0 Å². The molecule has 0 saturated heterocycles. The monoisotopic (exact) mass is 262 g/mol. The molecule has 1 fully saturated rings. The number of nitrogens with zero attached hydrogens (tertiary/aromatic N) is 1. The van der Waals surface area contributed by atoms with E-state index in [1.165, 1.54) is 32.1 Å². The van der Waals surface area contributed by atoms with E-state index in [4.69, 9.17) is 5.73 Å². The first-order valence-corrected chi connectivity index (χ1v) is 7.49. The van der Waals surface area contributed by atoms with Crippen LogP contribution in [0, 0.1) is 12.3 Å². The number of aryl methyl sites for hydroxylation is 1. The number of aromatic nitrogens is 1. The van der Waals surface area contributed by atoms with Crippen LogP contribution in [0.4, 0.5) is 0 Å². The summed E-state index contributed by atoms with van der Waals surface area (Å²) in [5.41, 5.74) is 7.76. The quantitative estimate of drug-likeness (QED) is 0.880. The fourth-order valence-electron chi connectivity index (χ4n) is 3.15. The highest BCUT2D eigenvalue weighted by Gasteiger charge is 2.37. The number of nitrogens with two attached hydrogens (primary N) is 1. The van der Waals surface area contributed by atoms with Crippen molar-refractivity contribution in [1.82, 2.24) is 4.98 Å². The Labute approximate surface area is 116 Å². The van der Waals surface area contributed by atoms with E-state index < -0.39 is 6.10 Å². The molecule has 0 bridgehead atoms. The lowest BCUT2D eigenvalue weighted by Crippen LogP contribution is -2.37. The third-order valence-electron chi connectivity index (χ3n) is 4.55. The highest BCUT2D eigenvalue weighted by Crippen LogP contribution is 2.43. The molecule has 3 N–H and O–H groups in total. The van der Waals surface area contributed by atoms with Gasteiger partial charge in [-0.2, -0.15) is 0 Å². The smallest absolute Gasteiger partial charge is 0.103 e. The Hall–Kier alpha value is -0.930. The van der Waals surface area contributed by atoms with E-state index in [2.05, 4.69) is 4.98 Å². The van der Waals surface area contributed by atoms with Gasteiger partial charge in [0.2, 0.25) is 0 Å². The predicted octanol–water partition coefficient (Wildman–Crippen LogP) is 3.11. The number of pyridine rings is 1. The molecular weight excluding hydrogens is 236 g/mol. The van der Waals surface area contributed by atoms with Crippen LogP contribution in [0.25, 0.3) is 0 Å². The van der Waals surface area contributed by atoms with Gasteiger partial charge in [0.15, 0.2) is 0 Å². The summed E-state index contributed by atoms with van der Waals surface area (Å²) in [4.78, 5) is 4.39. The molecule has 1 heterocycles. The van der Waals surface area contributed by atoms with Crippen LogP contribution in [0.15, 0.2) is 18.3 Å². The first kappa shape index (κ1) is 14.5. The zero-order chi connectivity index (χ0) is 13.7. The summed E-state index contributed by atoms with van der Waals surface area (Å²) in [5, 5.41) is 10.8. The molecule has 1 aliphatic carbocycles. The summed E-state index contributed by atoms with van der Waals surface area (Å²) in [5.74, 6) is 0. The second-order valence-corrected chi connectivity index (χ2v) is 6.00.